The number of rotatable bonds is 6. The lowest BCUT2D eigenvalue weighted by Gasteiger charge is -2.13. The van der Waals surface area contributed by atoms with Gasteiger partial charge < -0.3 is 10.1 Å². The number of aromatic nitrogens is 2. The summed E-state index contributed by atoms with van der Waals surface area (Å²) in [6.45, 7) is 2.25. The zero-order valence-corrected chi connectivity index (χ0v) is 18.0. The van der Waals surface area contributed by atoms with Crippen LogP contribution in [0, 0.1) is 6.92 Å². The average Bonchev–Trinajstić information content (AvgIpc) is 3.12. The Kier molecular flexibility index (Phi) is 5.87. The summed E-state index contributed by atoms with van der Waals surface area (Å²) >= 11 is 1.48. The van der Waals surface area contributed by atoms with E-state index in [0.717, 1.165) is 41.7 Å². The van der Waals surface area contributed by atoms with Gasteiger partial charge in [0, 0.05) is 17.7 Å². The van der Waals surface area contributed by atoms with Crippen LogP contribution >= 0.6 is 11.3 Å². The van der Waals surface area contributed by atoms with Crippen LogP contribution < -0.4 is 16.6 Å². The summed E-state index contributed by atoms with van der Waals surface area (Å²) in [7, 11) is 1.53. The molecular formula is C22H25N3O4S. The van der Waals surface area contributed by atoms with E-state index in [2.05, 4.69) is 5.32 Å². The van der Waals surface area contributed by atoms with E-state index < -0.39 is 5.69 Å². The number of hydrogen-bond donors (Lipinski definition) is 1. The maximum Gasteiger partial charge on any atom is 0.332 e. The molecular weight excluding hydrogens is 402 g/mol. The highest BCUT2D eigenvalue weighted by molar-refractivity contribution is 7.18. The molecule has 1 amide bonds. The third-order valence-electron chi connectivity index (χ3n) is 5.47. The summed E-state index contributed by atoms with van der Waals surface area (Å²) < 4.78 is 7.73. The molecule has 1 N–H and O–H groups in total. The van der Waals surface area contributed by atoms with Crippen molar-refractivity contribution in [2.24, 2.45) is 0 Å². The Morgan fingerprint density at radius 1 is 1.13 bits per heavy atom. The van der Waals surface area contributed by atoms with Gasteiger partial charge in [0.1, 0.15) is 11.4 Å². The molecule has 1 aliphatic carbocycles. The molecule has 0 atom stereocenters. The van der Waals surface area contributed by atoms with E-state index in [1.54, 1.807) is 0 Å². The lowest BCUT2D eigenvalue weighted by atomic mass is 9.97. The van der Waals surface area contributed by atoms with Crippen LogP contribution in [0.2, 0.25) is 0 Å². The Labute approximate surface area is 177 Å². The number of benzene rings is 1. The van der Waals surface area contributed by atoms with Crippen molar-refractivity contribution in [1.82, 2.24) is 9.13 Å². The molecule has 0 saturated carbocycles. The number of thiophene rings is 1. The molecule has 0 spiro atoms. The van der Waals surface area contributed by atoms with E-state index in [4.69, 9.17) is 4.74 Å². The normalized spacial score (nSPS) is 13.4. The minimum absolute atomic E-state index is 0.143. The summed E-state index contributed by atoms with van der Waals surface area (Å²) in [6.07, 6.45) is 3.86. The van der Waals surface area contributed by atoms with Gasteiger partial charge in [-0.3, -0.25) is 18.7 Å². The molecule has 1 aromatic carbocycles. The van der Waals surface area contributed by atoms with Crippen LogP contribution in [-0.2, 0) is 35.5 Å². The van der Waals surface area contributed by atoms with Crippen molar-refractivity contribution in [3.8, 4) is 0 Å². The number of hydrogen-bond acceptors (Lipinski definition) is 5. The van der Waals surface area contributed by atoms with Crippen LogP contribution in [0.3, 0.4) is 0 Å². The smallest absolute Gasteiger partial charge is 0.332 e. The summed E-state index contributed by atoms with van der Waals surface area (Å²) in [5, 5.41) is 3.43. The number of carbonyl (C=O) groups excluding carboxylic acids is 1. The van der Waals surface area contributed by atoms with Crippen LogP contribution in [0.15, 0.2) is 33.9 Å². The second-order valence-corrected chi connectivity index (χ2v) is 8.71. The summed E-state index contributed by atoms with van der Waals surface area (Å²) in [5.41, 5.74) is 2.07. The molecule has 1 aliphatic rings. The highest BCUT2D eigenvalue weighted by atomic mass is 32.1. The molecule has 0 radical (unpaired) electrons. The molecule has 8 heteroatoms. The molecule has 30 heavy (non-hydrogen) atoms. The van der Waals surface area contributed by atoms with Gasteiger partial charge in [-0.2, -0.15) is 0 Å². The Balaban J connectivity index is 1.78. The maximum absolute atomic E-state index is 13.2. The number of nitrogens with zero attached hydrogens (tertiary/aromatic N) is 2. The highest BCUT2D eigenvalue weighted by Gasteiger charge is 2.24. The molecule has 2 heterocycles. The van der Waals surface area contributed by atoms with Crippen molar-refractivity contribution in [3.05, 3.63) is 61.1 Å². The van der Waals surface area contributed by atoms with E-state index in [1.165, 1.54) is 27.6 Å². The first-order valence-electron chi connectivity index (χ1n) is 10.1. The Morgan fingerprint density at radius 3 is 2.60 bits per heavy atom. The van der Waals surface area contributed by atoms with Gasteiger partial charge in [-0.1, -0.05) is 17.7 Å². The van der Waals surface area contributed by atoms with Crippen molar-refractivity contribution < 1.29 is 9.53 Å². The van der Waals surface area contributed by atoms with Crippen LogP contribution in [0.25, 0.3) is 10.2 Å². The average molecular weight is 428 g/mol. The summed E-state index contributed by atoms with van der Waals surface area (Å²) in [6, 6.07) is 7.49. The monoisotopic (exact) mass is 427 g/mol. The van der Waals surface area contributed by atoms with Gasteiger partial charge >= 0.3 is 5.69 Å². The first kappa shape index (κ1) is 20.6. The Bertz CT molecular complexity index is 1200. The number of methoxy groups -OCH3 is 1. The first-order valence-corrected chi connectivity index (χ1v) is 10.9. The van der Waals surface area contributed by atoms with Crippen molar-refractivity contribution in [2.45, 2.75) is 45.7 Å². The summed E-state index contributed by atoms with van der Waals surface area (Å²) in [5.74, 6) is -0.300. The third kappa shape index (κ3) is 3.85. The van der Waals surface area contributed by atoms with Crippen molar-refractivity contribution in [1.29, 1.82) is 0 Å². The molecule has 158 valence electrons. The molecule has 0 fully saturated rings. The highest BCUT2D eigenvalue weighted by Crippen LogP contribution is 2.34. The lowest BCUT2D eigenvalue weighted by molar-refractivity contribution is -0.116. The SMILES string of the molecule is COCCn1c(=O)c2c3c(sc2n(CC(=O)Nc2ccc(C)cc2)c1=O)CCCC3. The van der Waals surface area contributed by atoms with Gasteiger partial charge in [-0.05, 0) is 50.3 Å². The number of aryl methyl sites for hydroxylation is 3. The zero-order valence-electron chi connectivity index (χ0n) is 17.2. The molecule has 0 saturated heterocycles. The predicted molar refractivity (Wildman–Crippen MR) is 119 cm³/mol. The fourth-order valence-electron chi connectivity index (χ4n) is 3.92. The predicted octanol–water partition coefficient (Wildman–Crippen LogP) is 2.70. The number of amides is 1. The second kappa shape index (κ2) is 8.57. The summed E-state index contributed by atoms with van der Waals surface area (Å²) in [4.78, 5) is 40.8. The third-order valence-corrected chi connectivity index (χ3v) is 6.79. The fraction of sp³-hybridized carbons (Fsp3) is 0.409. The zero-order chi connectivity index (χ0) is 21.3. The van der Waals surface area contributed by atoms with Gasteiger partial charge in [0.15, 0.2) is 0 Å². The maximum atomic E-state index is 13.2. The van der Waals surface area contributed by atoms with Gasteiger partial charge in [0.2, 0.25) is 5.91 Å². The first-order chi connectivity index (χ1) is 14.5. The van der Waals surface area contributed by atoms with Crippen LogP contribution in [-0.4, -0.2) is 28.8 Å². The quantitative estimate of drug-likeness (QED) is 0.656. The van der Waals surface area contributed by atoms with E-state index >= 15 is 0 Å². The van der Waals surface area contributed by atoms with Crippen molar-refractivity contribution >= 4 is 33.1 Å². The Hall–Kier alpha value is -2.71. The molecule has 7 nitrogen and oxygen atoms in total. The molecule has 4 rings (SSSR count). The molecule has 0 aliphatic heterocycles. The van der Waals surface area contributed by atoms with Gasteiger partial charge in [-0.15, -0.1) is 11.3 Å². The van der Waals surface area contributed by atoms with E-state index in [-0.39, 0.29) is 31.2 Å². The Morgan fingerprint density at radius 2 is 1.87 bits per heavy atom. The van der Waals surface area contributed by atoms with Gasteiger partial charge in [0.05, 0.1) is 18.5 Å². The minimum Gasteiger partial charge on any atom is -0.383 e. The molecule has 2 aromatic heterocycles. The van der Waals surface area contributed by atoms with Crippen LogP contribution in [0.5, 0.6) is 0 Å². The van der Waals surface area contributed by atoms with E-state index in [9.17, 15) is 14.4 Å². The largest absolute Gasteiger partial charge is 0.383 e. The van der Waals surface area contributed by atoms with Crippen molar-refractivity contribution in [2.75, 3.05) is 19.0 Å². The van der Waals surface area contributed by atoms with E-state index in [1.807, 2.05) is 31.2 Å². The van der Waals surface area contributed by atoms with Crippen LogP contribution in [0.4, 0.5) is 5.69 Å². The van der Waals surface area contributed by atoms with Crippen LogP contribution in [0.1, 0.15) is 28.8 Å². The number of nitrogens with one attached hydrogen (secondary N) is 1. The number of ether oxygens (including phenoxy) is 1. The standard InChI is InChI=1S/C22H25N3O4S/c1-14-7-9-15(10-8-14)23-18(26)13-25-21-19(16-5-3-4-6-17(16)30-21)20(27)24(22(25)28)11-12-29-2/h7-10H,3-6,11-13H2,1-2H3,(H,23,26). The van der Waals surface area contributed by atoms with E-state index in [0.29, 0.717) is 15.9 Å². The lowest BCUT2D eigenvalue weighted by Crippen LogP contribution is -2.42. The number of anilines is 1. The number of fused-ring (bicyclic) bond motifs is 3. The second-order valence-electron chi connectivity index (χ2n) is 7.62. The minimum atomic E-state index is -0.470. The van der Waals surface area contributed by atoms with Gasteiger partial charge in [0.25, 0.3) is 5.56 Å². The number of carbonyl (C=O) groups is 1. The van der Waals surface area contributed by atoms with Crippen molar-refractivity contribution in [3.63, 3.8) is 0 Å². The molecule has 3 aromatic rings. The molecule has 0 unspecified atom stereocenters. The fourth-order valence-corrected chi connectivity index (χ4v) is 5.29. The molecule has 0 bridgehead atoms. The topological polar surface area (TPSA) is 82.3 Å². The van der Waals surface area contributed by atoms with Gasteiger partial charge in [-0.25, -0.2) is 4.79 Å².